The highest BCUT2D eigenvalue weighted by Gasteiger charge is 2.30. The smallest absolute Gasteiger partial charge is 0.416 e. The predicted octanol–water partition coefficient (Wildman–Crippen LogP) is 2.50. The minimum absolute atomic E-state index is 0.145. The van der Waals surface area contributed by atoms with E-state index in [0.29, 0.717) is 6.54 Å². The molecule has 1 aromatic rings. The standard InChI is InChI=1S/C16H17F3N2O4/c1-3-20-15(24)21-14(23)10(2)25-13(22)8-7-11-5-4-6-12(9-11)16(17,18)19/h4-10H,3H2,1-2H3,(H2,20,21,23,24)/b8-7+/t10-/m0/s1. The van der Waals surface area contributed by atoms with E-state index < -0.39 is 35.8 Å². The molecular weight excluding hydrogens is 341 g/mol. The highest BCUT2D eigenvalue weighted by Crippen LogP contribution is 2.29. The number of benzene rings is 1. The summed E-state index contributed by atoms with van der Waals surface area (Å²) >= 11 is 0. The van der Waals surface area contributed by atoms with E-state index in [1.807, 2.05) is 5.32 Å². The molecule has 0 aromatic heterocycles. The number of ether oxygens (including phenoxy) is 1. The number of halogens is 3. The van der Waals surface area contributed by atoms with Gasteiger partial charge in [-0.05, 0) is 37.6 Å². The van der Waals surface area contributed by atoms with Crippen molar-refractivity contribution in [3.63, 3.8) is 0 Å². The summed E-state index contributed by atoms with van der Waals surface area (Å²) in [5.74, 6) is -1.76. The first kappa shape index (κ1) is 20.2. The van der Waals surface area contributed by atoms with Crippen molar-refractivity contribution in [3.05, 3.63) is 41.5 Å². The zero-order chi connectivity index (χ0) is 19.0. The summed E-state index contributed by atoms with van der Waals surface area (Å²) in [6.07, 6.45) is -3.71. The number of hydrogen-bond donors (Lipinski definition) is 2. The van der Waals surface area contributed by atoms with E-state index in [1.165, 1.54) is 19.1 Å². The largest absolute Gasteiger partial charge is 0.449 e. The maximum atomic E-state index is 12.6. The van der Waals surface area contributed by atoms with E-state index >= 15 is 0 Å². The van der Waals surface area contributed by atoms with Crippen LogP contribution in [-0.2, 0) is 20.5 Å². The van der Waals surface area contributed by atoms with Crippen LogP contribution >= 0.6 is 0 Å². The summed E-state index contributed by atoms with van der Waals surface area (Å²) in [4.78, 5) is 34.4. The van der Waals surface area contributed by atoms with Gasteiger partial charge in [-0.2, -0.15) is 13.2 Å². The summed E-state index contributed by atoms with van der Waals surface area (Å²) in [5.41, 5.74) is -0.705. The van der Waals surface area contributed by atoms with Gasteiger partial charge in [0.15, 0.2) is 6.10 Å². The van der Waals surface area contributed by atoms with Crippen molar-refractivity contribution in [2.75, 3.05) is 6.54 Å². The number of amides is 3. The van der Waals surface area contributed by atoms with Gasteiger partial charge in [0.05, 0.1) is 5.56 Å². The first-order valence-corrected chi connectivity index (χ1v) is 7.28. The Balaban J connectivity index is 2.63. The number of urea groups is 1. The van der Waals surface area contributed by atoms with Gasteiger partial charge in [0.25, 0.3) is 5.91 Å². The van der Waals surface area contributed by atoms with Gasteiger partial charge >= 0.3 is 18.2 Å². The summed E-state index contributed by atoms with van der Waals surface area (Å²) < 4.78 is 42.6. The fraction of sp³-hybridized carbons (Fsp3) is 0.312. The van der Waals surface area contributed by atoms with Crippen LogP contribution in [0.3, 0.4) is 0 Å². The second-order valence-corrected chi connectivity index (χ2v) is 4.88. The molecule has 0 aliphatic heterocycles. The van der Waals surface area contributed by atoms with Gasteiger partial charge in [-0.15, -0.1) is 0 Å². The fourth-order valence-corrected chi connectivity index (χ4v) is 1.67. The third-order valence-electron chi connectivity index (χ3n) is 2.86. The molecule has 0 spiro atoms. The van der Waals surface area contributed by atoms with Crippen molar-refractivity contribution in [2.24, 2.45) is 0 Å². The maximum Gasteiger partial charge on any atom is 0.416 e. The zero-order valence-corrected chi connectivity index (χ0v) is 13.5. The molecule has 136 valence electrons. The Bertz CT molecular complexity index is 672. The molecule has 0 radical (unpaired) electrons. The molecule has 0 saturated carbocycles. The Hall–Kier alpha value is -2.84. The molecule has 0 bridgehead atoms. The maximum absolute atomic E-state index is 12.6. The van der Waals surface area contributed by atoms with Gasteiger partial charge in [-0.3, -0.25) is 10.1 Å². The van der Waals surface area contributed by atoms with E-state index in [4.69, 9.17) is 4.74 Å². The number of rotatable bonds is 5. The SMILES string of the molecule is CCNC(=O)NC(=O)[C@H](C)OC(=O)/C=C/c1cccc(C(F)(F)F)c1. The summed E-state index contributed by atoms with van der Waals surface area (Å²) in [5, 5.41) is 4.30. The molecule has 0 heterocycles. The van der Waals surface area contributed by atoms with Crippen molar-refractivity contribution < 1.29 is 32.3 Å². The normalized spacial score (nSPS) is 12.5. The van der Waals surface area contributed by atoms with Gasteiger partial charge in [-0.25, -0.2) is 9.59 Å². The van der Waals surface area contributed by atoms with Crippen molar-refractivity contribution in [1.29, 1.82) is 0 Å². The number of carbonyl (C=O) groups is 3. The number of hydrogen-bond acceptors (Lipinski definition) is 4. The lowest BCUT2D eigenvalue weighted by atomic mass is 10.1. The molecule has 25 heavy (non-hydrogen) atoms. The number of imide groups is 1. The van der Waals surface area contributed by atoms with Crippen molar-refractivity contribution in [1.82, 2.24) is 10.6 Å². The quantitative estimate of drug-likeness (QED) is 0.626. The van der Waals surface area contributed by atoms with Crippen LogP contribution in [0.4, 0.5) is 18.0 Å². The van der Waals surface area contributed by atoms with Crippen LogP contribution in [0.5, 0.6) is 0 Å². The van der Waals surface area contributed by atoms with Gasteiger partial charge in [-0.1, -0.05) is 12.1 Å². The Labute approximate surface area is 142 Å². The molecule has 6 nitrogen and oxygen atoms in total. The molecule has 0 aliphatic carbocycles. The van der Waals surface area contributed by atoms with Crippen LogP contribution < -0.4 is 10.6 Å². The molecule has 1 atom stereocenters. The zero-order valence-electron chi connectivity index (χ0n) is 13.5. The van der Waals surface area contributed by atoms with E-state index in [-0.39, 0.29) is 5.56 Å². The predicted molar refractivity (Wildman–Crippen MR) is 83.2 cm³/mol. The average Bonchev–Trinajstić information content (AvgIpc) is 2.52. The third-order valence-corrected chi connectivity index (χ3v) is 2.86. The van der Waals surface area contributed by atoms with Crippen LogP contribution in [0.25, 0.3) is 6.08 Å². The van der Waals surface area contributed by atoms with Crippen molar-refractivity contribution in [3.8, 4) is 0 Å². The molecule has 3 amide bonds. The van der Waals surface area contributed by atoms with Gasteiger partial charge in [0, 0.05) is 12.6 Å². The molecule has 2 N–H and O–H groups in total. The van der Waals surface area contributed by atoms with Crippen LogP contribution in [0.1, 0.15) is 25.0 Å². The molecule has 0 aliphatic rings. The van der Waals surface area contributed by atoms with Gasteiger partial charge in [0.1, 0.15) is 0 Å². The van der Waals surface area contributed by atoms with Crippen LogP contribution in [0, 0.1) is 0 Å². The Morgan fingerprint density at radius 2 is 1.96 bits per heavy atom. The Morgan fingerprint density at radius 1 is 1.28 bits per heavy atom. The number of alkyl halides is 3. The first-order chi connectivity index (χ1) is 11.6. The molecule has 0 unspecified atom stereocenters. The monoisotopic (exact) mass is 358 g/mol. The minimum Gasteiger partial charge on any atom is -0.449 e. The summed E-state index contributed by atoms with van der Waals surface area (Å²) in [6, 6.07) is 3.63. The summed E-state index contributed by atoms with van der Waals surface area (Å²) in [6.45, 7) is 3.23. The lowest BCUT2D eigenvalue weighted by Crippen LogP contribution is -2.44. The number of carbonyl (C=O) groups excluding carboxylic acids is 3. The first-order valence-electron chi connectivity index (χ1n) is 7.28. The minimum atomic E-state index is -4.49. The van der Waals surface area contributed by atoms with E-state index in [2.05, 4.69) is 5.32 Å². The topological polar surface area (TPSA) is 84.5 Å². The van der Waals surface area contributed by atoms with Gasteiger partial charge in [0.2, 0.25) is 0 Å². The van der Waals surface area contributed by atoms with Crippen molar-refractivity contribution in [2.45, 2.75) is 26.1 Å². The number of esters is 1. The highest BCUT2D eigenvalue weighted by molar-refractivity contribution is 5.98. The second-order valence-electron chi connectivity index (χ2n) is 4.88. The van der Waals surface area contributed by atoms with Crippen LogP contribution in [0.2, 0.25) is 0 Å². The Kier molecular flexibility index (Phi) is 7.16. The average molecular weight is 358 g/mol. The highest BCUT2D eigenvalue weighted by atomic mass is 19.4. The fourth-order valence-electron chi connectivity index (χ4n) is 1.67. The summed E-state index contributed by atoms with van der Waals surface area (Å²) in [7, 11) is 0. The molecule has 1 aromatic carbocycles. The van der Waals surface area contributed by atoms with E-state index in [0.717, 1.165) is 24.3 Å². The lowest BCUT2D eigenvalue weighted by Gasteiger charge is -2.11. The van der Waals surface area contributed by atoms with Crippen molar-refractivity contribution >= 4 is 24.0 Å². The molecule has 0 saturated heterocycles. The van der Waals surface area contributed by atoms with E-state index in [1.54, 1.807) is 6.92 Å². The lowest BCUT2D eigenvalue weighted by molar-refractivity contribution is -0.149. The second kappa shape index (κ2) is 8.86. The van der Waals surface area contributed by atoms with Crippen LogP contribution in [-0.4, -0.2) is 30.6 Å². The Morgan fingerprint density at radius 3 is 2.56 bits per heavy atom. The van der Waals surface area contributed by atoms with Crippen LogP contribution in [0.15, 0.2) is 30.3 Å². The third kappa shape index (κ3) is 7.06. The molecule has 9 heteroatoms. The van der Waals surface area contributed by atoms with E-state index in [9.17, 15) is 27.6 Å². The molecule has 0 fully saturated rings. The number of nitrogens with one attached hydrogen (secondary N) is 2. The molecule has 1 rings (SSSR count). The van der Waals surface area contributed by atoms with Gasteiger partial charge < -0.3 is 10.1 Å². The molecular formula is C16H17F3N2O4.